The van der Waals surface area contributed by atoms with Crippen molar-refractivity contribution in [3.05, 3.63) is 51.2 Å². The number of carbonyl (C=O) groups is 2. The van der Waals surface area contributed by atoms with Gasteiger partial charge in [0.25, 0.3) is 0 Å². The zero-order valence-corrected chi connectivity index (χ0v) is 19.0. The molecule has 0 unspecified atom stereocenters. The first-order valence-electron chi connectivity index (χ1n) is 10.5. The highest BCUT2D eigenvalue weighted by atomic mass is 32.1. The highest BCUT2D eigenvalue weighted by molar-refractivity contribution is 7.09. The molecule has 2 N–H and O–H groups in total. The summed E-state index contributed by atoms with van der Waals surface area (Å²) in [5, 5.41) is 7.79. The van der Waals surface area contributed by atoms with Crippen molar-refractivity contribution in [2.24, 2.45) is 0 Å². The van der Waals surface area contributed by atoms with Gasteiger partial charge < -0.3 is 15.5 Å². The number of nitrogens with one attached hydrogen (secondary N) is 2. The first-order valence-corrected chi connectivity index (χ1v) is 11.4. The maximum absolute atomic E-state index is 12.3. The van der Waals surface area contributed by atoms with Crippen LogP contribution in [0.1, 0.15) is 21.6 Å². The molecule has 30 heavy (non-hydrogen) atoms. The Morgan fingerprint density at radius 3 is 2.30 bits per heavy atom. The summed E-state index contributed by atoms with van der Waals surface area (Å²) in [6, 6.07) is 8.37. The van der Waals surface area contributed by atoms with Gasteiger partial charge in [-0.3, -0.25) is 14.5 Å². The average Bonchev–Trinajstić information content (AvgIpc) is 3.22. The molecule has 1 aliphatic heterocycles. The largest absolute Gasteiger partial charge is 0.346 e. The van der Waals surface area contributed by atoms with Gasteiger partial charge in [0.2, 0.25) is 11.8 Å². The van der Waals surface area contributed by atoms with Crippen molar-refractivity contribution in [2.75, 3.05) is 51.1 Å². The van der Waals surface area contributed by atoms with Crippen LogP contribution in [0.5, 0.6) is 0 Å². The second-order valence-corrected chi connectivity index (χ2v) is 9.08. The number of rotatable bonds is 8. The molecule has 1 aliphatic rings. The lowest BCUT2D eigenvalue weighted by Gasteiger charge is -2.34. The van der Waals surface area contributed by atoms with Gasteiger partial charge in [-0.05, 0) is 49.8 Å². The molecular weight excluding hydrogens is 396 g/mol. The summed E-state index contributed by atoms with van der Waals surface area (Å²) < 4.78 is 0. The molecule has 0 aliphatic carbocycles. The average molecular weight is 429 g/mol. The quantitative estimate of drug-likeness (QED) is 0.678. The fourth-order valence-electron chi connectivity index (χ4n) is 3.89. The van der Waals surface area contributed by atoms with Gasteiger partial charge in [0.05, 0.1) is 13.1 Å². The van der Waals surface area contributed by atoms with Crippen LogP contribution in [-0.4, -0.2) is 67.4 Å². The van der Waals surface area contributed by atoms with Crippen LogP contribution in [0, 0.1) is 20.8 Å². The van der Waals surface area contributed by atoms with E-state index < -0.39 is 0 Å². The topological polar surface area (TPSA) is 64.7 Å². The van der Waals surface area contributed by atoms with E-state index in [0.717, 1.165) is 56.0 Å². The molecule has 2 aromatic rings. The maximum Gasteiger partial charge on any atom is 0.243 e. The SMILES string of the molecule is Cc1cc(C)c(NC(=O)CNC(=O)CN2CCN(CCc3cccs3)CC2)c(C)c1. The molecule has 0 saturated carbocycles. The lowest BCUT2D eigenvalue weighted by Crippen LogP contribution is -2.50. The van der Waals surface area contributed by atoms with Crippen LogP contribution < -0.4 is 10.6 Å². The summed E-state index contributed by atoms with van der Waals surface area (Å²) in [6.07, 6.45) is 1.09. The number of hydrogen-bond donors (Lipinski definition) is 2. The summed E-state index contributed by atoms with van der Waals surface area (Å²) in [6.45, 7) is 11.1. The molecule has 162 valence electrons. The van der Waals surface area contributed by atoms with E-state index >= 15 is 0 Å². The van der Waals surface area contributed by atoms with E-state index in [1.165, 1.54) is 10.4 Å². The predicted molar refractivity (Wildman–Crippen MR) is 123 cm³/mol. The number of piperazine rings is 1. The lowest BCUT2D eigenvalue weighted by molar-refractivity contribution is -0.125. The van der Waals surface area contributed by atoms with Gasteiger partial charge in [0.1, 0.15) is 0 Å². The normalized spacial score (nSPS) is 15.2. The Hall–Kier alpha value is -2.22. The zero-order chi connectivity index (χ0) is 21.5. The van der Waals surface area contributed by atoms with Crippen molar-refractivity contribution in [1.82, 2.24) is 15.1 Å². The van der Waals surface area contributed by atoms with Crippen LogP contribution in [0.2, 0.25) is 0 Å². The van der Waals surface area contributed by atoms with Crippen LogP contribution in [0.25, 0.3) is 0 Å². The van der Waals surface area contributed by atoms with Gasteiger partial charge >= 0.3 is 0 Å². The summed E-state index contributed by atoms with van der Waals surface area (Å²) >= 11 is 1.81. The Kier molecular flexibility index (Phi) is 8.01. The summed E-state index contributed by atoms with van der Waals surface area (Å²) in [5.41, 5.74) is 4.06. The van der Waals surface area contributed by atoms with Gasteiger partial charge in [-0.25, -0.2) is 0 Å². The van der Waals surface area contributed by atoms with E-state index in [1.807, 2.05) is 44.2 Å². The summed E-state index contributed by atoms with van der Waals surface area (Å²) in [5.74, 6) is -0.300. The fraction of sp³-hybridized carbons (Fsp3) is 0.478. The van der Waals surface area contributed by atoms with Crippen molar-refractivity contribution >= 4 is 28.8 Å². The van der Waals surface area contributed by atoms with Crippen molar-refractivity contribution in [3.63, 3.8) is 0 Å². The van der Waals surface area contributed by atoms with E-state index in [-0.39, 0.29) is 18.4 Å². The minimum Gasteiger partial charge on any atom is -0.346 e. The van der Waals surface area contributed by atoms with Crippen molar-refractivity contribution in [2.45, 2.75) is 27.2 Å². The molecule has 7 heteroatoms. The number of nitrogens with zero attached hydrogens (tertiary/aromatic N) is 2. The Bertz CT molecular complexity index is 835. The zero-order valence-electron chi connectivity index (χ0n) is 18.2. The molecule has 1 aromatic heterocycles. The van der Waals surface area contributed by atoms with Crippen LogP contribution in [0.3, 0.4) is 0 Å². The van der Waals surface area contributed by atoms with Crippen molar-refractivity contribution < 1.29 is 9.59 Å². The molecule has 1 saturated heterocycles. The third kappa shape index (κ3) is 6.65. The summed E-state index contributed by atoms with van der Waals surface area (Å²) in [7, 11) is 0. The van der Waals surface area contributed by atoms with Gasteiger partial charge in [-0.2, -0.15) is 0 Å². The van der Waals surface area contributed by atoms with E-state index in [4.69, 9.17) is 0 Å². The van der Waals surface area contributed by atoms with E-state index in [1.54, 1.807) is 0 Å². The smallest absolute Gasteiger partial charge is 0.243 e. The van der Waals surface area contributed by atoms with Gasteiger partial charge in [0, 0.05) is 43.3 Å². The van der Waals surface area contributed by atoms with Gasteiger partial charge in [0.15, 0.2) is 0 Å². The third-order valence-corrected chi connectivity index (χ3v) is 6.41. The lowest BCUT2D eigenvalue weighted by atomic mass is 10.1. The molecule has 3 rings (SSSR count). The molecule has 6 nitrogen and oxygen atoms in total. The first-order chi connectivity index (χ1) is 14.4. The Morgan fingerprint density at radius 2 is 1.67 bits per heavy atom. The molecule has 0 bridgehead atoms. The first kappa shape index (κ1) is 22.5. The Balaban J connectivity index is 1.34. The van der Waals surface area contributed by atoms with Crippen LogP contribution >= 0.6 is 11.3 Å². The Morgan fingerprint density at radius 1 is 1.00 bits per heavy atom. The number of amides is 2. The second-order valence-electron chi connectivity index (χ2n) is 8.05. The third-order valence-electron chi connectivity index (χ3n) is 5.47. The van der Waals surface area contributed by atoms with Gasteiger partial charge in [-0.1, -0.05) is 23.8 Å². The predicted octanol–water partition coefficient (Wildman–Crippen LogP) is 2.59. The van der Waals surface area contributed by atoms with Crippen LogP contribution in [0.15, 0.2) is 29.6 Å². The molecule has 1 fully saturated rings. The Labute approximate surface area is 183 Å². The number of hydrogen-bond acceptors (Lipinski definition) is 5. The number of carbonyl (C=O) groups excluding carboxylic acids is 2. The highest BCUT2D eigenvalue weighted by Crippen LogP contribution is 2.21. The molecule has 2 amide bonds. The van der Waals surface area contributed by atoms with Crippen LogP contribution in [-0.2, 0) is 16.0 Å². The monoisotopic (exact) mass is 428 g/mol. The van der Waals surface area contributed by atoms with Gasteiger partial charge in [-0.15, -0.1) is 11.3 Å². The molecule has 0 spiro atoms. The molecular formula is C23H32N4O2S. The number of anilines is 1. The minimum atomic E-state index is -0.197. The number of thiophene rings is 1. The van der Waals surface area contributed by atoms with E-state index in [9.17, 15) is 9.59 Å². The standard InChI is InChI=1S/C23H32N4O2S/c1-17-13-18(2)23(19(3)14-17)25-21(28)15-24-22(29)16-27-10-8-26(9-11-27)7-6-20-5-4-12-30-20/h4-5,12-14H,6-11,15-16H2,1-3H3,(H,24,29)(H,25,28). The fourth-order valence-corrected chi connectivity index (χ4v) is 4.59. The highest BCUT2D eigenvalue weighted by Gasteiger charge is 2.19. The second kappa shape index (κ2) is 10.7. The number of aryl methyl sites for hydroxylation is 3. The molecule has 1 aromatic carbocycles. The van der Waals surface area contributed by atoms with Crippen molar-refractivity contribution in [3.8, 4) is 0 Å². The summed E-state index contributed by atoms with van der Waals surface area (Å²) in [4.78, 5) is 30.6. The van der Waals surface area contributed by atoms with Crippen LogP contribution in [0.4, 0.5) is 5.69 Å². The van der Waals surface area contributed by atoms with Crippen molar-refractivity contribution in [1.29, 1.82) is 0 Å². The van der Waals surface area contributed by atoms with E-state index in [2.05, 4.69) is 37.9 Å². The molecule has 0 atom stereocenters. The van der Waals surface area contributed by atoms with E-state index in [0.29, 0.717) is 6.54 Å². The molecule has 2 heterocycles. The minimum absolute atomic E-state index is 0.00757. The number of benzene rings is 1. The maximum atomic E-state index is 12.3. The molecule has 0 radical (unpaired) electrons.